The largest absolute Gasteiger partial charge is 0.321 e. The van der Waals surface area contributed by atoms with E-state index in [0.29, 0.717) is 5.92 Å². The summed E-state index contributed by atoms with van der Waals surface area (Å²) in [4.78, 5) is 0. The molecular formula is C15H22FN. The van der Waals surface area contributed by atoms with Crippen molar-refractivity contribution >= 4 is 0 Å². The average Bonchev–Trinajstić information content (AvgIpc) is 2.28. The first-order chi connectivity index (χ1) is 8.06. The zero-order valence-electron chi connectivity index (χ0n) is 10.8. The van der Waals surface area contributed by atoms with Crippen molar-refractivity contribution in [2.24, 2.45) is 11.7 Å². The van der Waals surface area contributed by atoms with Gasteiger partial charge < -0.3 is 5.73 Å². The number of hydrogen-bond donors (Lipinski definition) is 1. The van der Waals surface area contributed by atoms with E-state index < -0.39 is 0 Å². The SMILES string of the molecule is CCC1CCCCC1(N)c1cc(C)cc(F)c1. The molecule has 0 radical (unpaired) electrons. The molecule has 2 rings (SSSR count). The molecule has 1 saturated carbocycles. The molecule has 0 aliphatic heterocycles. The Morgan fingerprint density at radius 1 is 1.35 bits per heavy atom. The first kappa shape index (κ1) is 12.6. The molecule has 0 amide bonds. The predicted molar refractivity (Wildman–Crippen MR) is 69.3 cm³/mol. The molecule has 0 heterocycles. The van der Waals surface area contributed by atoms with E-state index in [4.69, 9.17) is 5.73 Å². The first-order valence-electron chi connectivity index (χ1n) is 6.63. The van der Waals surface area contributed by atoms with Gasteiger partial charge in [0.1, 0.15) is 5.82 Å². The van der Waals surface area contributed by atoms with Crippen LogP contribution < -0.4 is 5.73 Å². The molecule has 1 aliphatic rings. The molecule has 2 unspecified atom stereocenters. The minimum atomic E-state index is -0.320. The monoisotopic (exact) mass is 235 g/mol. The number of rotatable bonds is 2. The summed E-state index contributed by atoms with van der Waals surface area (Å²) in [5.41, 5.74) is 8.24. The first-order valence-corrected chi connectivity index (χ1v) is 6.63. The fraction of sp³-hybridized carbons (Fsp3) is 0.600. The molecule has 0 spiro atoms. The molecule has 0 bridgehead atoms. The maximum Gasteiger partial charge on any atom is 0.123 e. The van der Waals surface area contributed by atoms with Crippen LogP contribution in [0.25, 0.3) is 0 Å². The summed E-state index contributed by atoms with van der Waals surface area (Å²) in [6.45, 7) is 4.11. The molecule has 2 N–H and O–H groups in total. The zero-order chi connectivity index (χ0) is 12.5. The Bertz CT molecular complexity index is 382. The fourth-order valence-corrected chi connectivity index (χ4v) is 3.22. The Balaban J connectivity index is 2.40. The van der Waals surface area contributed by atoms with Crippen molar-refractivity contribution in [3.05, 3.63) is 35.1 Å². The molecule has 2 heteroatoms. The summed E-state index contributed by atoms with van der Waals surface area (Å²) < 4.78 is 13.5. The number of nitrogens with two attached hydrogens (primary N) is 1. The molecule has 0 aromatic heterocycles. The lowest BCUT2D eigenvalue weighted by Crippen LogP contribution is -2.46. The maximum absolute atomic E-state index is 13.5. The Morgan fingerprint density at radius 2 is 2.12 bits per heavy atom. The normalized spacial score (nSPS) is 29.3. The molecule has 94 valence electrons. The third-order valence-corrected chi connectivity index (χ3v) is 4.19. The van der Waals surface area contributed by atoms with Gasteiger partial charge in [-0.1, -0.05) is 32.3 Å². The van der Waals surface area contributed by atoms with Crippen molar-refractivity contribution < 1.29 is 4.39 Å². The molecule has 1 nitrogen and oxygen atoms in total. The molecule has 1 aromatic rings. The Hall–Kier alpha value is -0.890. The summed E-state index contributed by atoms with van der Waals surface area (Å²) in [5, 5.41) is 0. The van der Waals surface area contributed by atoms with Crippen LogP contribution in [0, 0.1) is 18.7 Å². The van der Waals surface area contributed by atoms with Gasteiger partial charge in [0.15, 0.2) is 0 Å². The highest BCUT2D eigenvalue weighted by atomic mass is 19.1. The van der Waals surface area contributed by atoms with Crippen LogP contribution in [-0.4, -0.2) is 0 Å². The summed E-state index contributed by atoms with van der Waals surface area (Å²) in [6, 6.07) is 5.24. The van der Waals surface area contributed by atoms with Gasteiger partial charge in [0.25, 0.3) is 0 Å². The molecule has 2 atom stereocenters. The summed E-state index contributed by atoms with van der Waals surface area (Å²) in [5.74, 6) is 0.322. The van der Waals surface area contributed by atoms with Gasteiger partial charge in [-0.15, -0.1) is 0 Å². The van der Waals surface area contributed by atoms with Gasteiger partial charge in [0.2, 0.25) is 0 Å². The average molecular weight is 235 g/mol. The highest BCUT2D eigenvalue weighted by Gasteiger charge is 2.37. The lowest BCUT2D eigenvalue weighted by molar-refractivity contribution is 0.183. The van der Waals surface area contributed by atoms with E-state index in [9.17, 15) is 4.39 Å². The molecule has 17 heavy (non-hydrogen) atoms. The van der Waals surface area contributed by atoms with Gasteiger partial charge in [-0.2, -0.15) is 0 Å². The number of halogens is 1. The van der Waals surface area contributed by atoms with E-state index in [-0.39, 0.29) is 11.4 Å². The number of aryl methyl sites for hydroxylation is 1. The lowest BCUT2D eigenvalue weighted by atomic mass is 9.68. The minimum absolute atomic E-state index is 0.162. The Morgan fingerprint density at radius 3 is 2.76 bits per heavy atom. The second-order valence-corrected chi connectivity index (χ2v) is 5.41. The van der Waals surface area contributed by atoms with Crippen LogP contribution in [-0.2, 0) is 5.54 Å². The van der Waals surface area contributed by atoms with Crippen LogP contribution in [0.4, 0.5) is 4.39 Å². The smallest absolute Gasteiger partial charge is 0.123 e. The molecule has 1 aromatic carbocycles. The van der Waals surface area contributed by atoms with E-state index in [0.717, 1.165) is 30.4 Å². The van der Waals surface area contributed by atoms with Gasteiger partial charge in [0.05, 0.1) is 0 Å². The topological polar surface area (TPSA) is 26.0 Å². The summed E-state index contributed by atoms with van der Waals surface area (Å²) >= 11 is 0. The number of benzene rings is 1. The molecule has 1 aliphatic carbocycles. The van der Waals surface area contributed by atoms with Crippen molar-refractivity contribution in [2.45, 2.75) is 51.5 Å². The van der Waals surface area contributed by atoms with Crippen molar-refractivity contribution in [2.75, 3.05) is 0 Å². The second-order valence-electron chi connectivity index (χ2n) is 5.41. The van der Waals surface area contributed by atoms with Gasteiger partial charge in [-0.3, -0.25) is 0 Å². The van der Waals surface area contributed by atoms with Gasteiger partial charge in [-0.25, -0.2) is 4.39 Å². The standard InChI is InChI=1S/C15H22FN/c1-3-12-6-4-5-7-15(12,17)13-8-11(2)9-14(16)10-13/h8-10,12H,3-7,17H2,1-2H3. The lowest BCUT2D eigenvalue weighted by Gasteiger charge is -2.41. The number of hydrogen-bond acceptors (Lipinski definition) is 1. The van der Waals surface area contributed by atoms with E-state index >= 15 is 0 Å². The van der Waals surface area contributed by atoms with Crippen molar-refractivity contribution in [3.63, 3.8) is 0 Å². The highest BCUT2D eigenvalue weighted by Crippen LogP contribution is 2.41. The highest BCUT2D eigenvalue weighted by molar-refractivity contribution is 5.31. The Kier molecular flexibility index (Phi) is 3.53. The van der Waals surface area contributed by atoms with Gasteiger partial charge >= 0.3 is 0 Å². The van der Waals surface area contributed by atoms with Crippen molar-refractivity contribution in [1.29, 1.82) is 0 Å². The van der Waals surface area contributed by atoms with Gasteiger partial charge in [0, 0.05) is 5.54 Å². The second kappa shape index (κ2) is 4.77. The zero-order valence-corrected chi connectivity index (χ0v) is 10.8. The molecular weight excluding hydrogens is 213 g/mol. The summed E-state index contributed by atoms with van der Waals surface area (Å²) in [6.07, 6.45) is 5.64. The van der Waals surface area contributed by atoms with Crippen molar-refractivity contribution in [3.8, 4) is 0 Å². The molecule has 1 fully saturated rings. The maximum atomic E-state index is 13.5. The van der Waals surface area contributed by atoms with Gasteiger partial charge in [-0.05, 0) is 48.9 Å². The van der Waals surface area contributed by atoms with E-state index in [1.165, 1.54) is 12.8 Å². The van der Waals surface area contributed by atoms with Crippen LogP contribution in [0.1, 0.15) is 50.2 Å². The molecule has 0 saturated heterocycles. The van der Waals surface area contributed by atoms with Crippen LogP contribution in [0.3, 0.4) is 0 Å². The third-order valence-electron chi connectivity index (χ3n) is 4.19. The van der Waals surface area contributed by atoms with Crippen LogP contribution in [0.5, 0.6) is 0 Å². The third kappa shape index (κ3) is 2.37. The quantitative estimate of drug-likeness (QED) is 0.827. The Labute approximate surface area is 103 Å². The van der Waals surface area contributed by atoms with Crippen molar-refractivity contribution in [1.82, 2.24) is 0 Å². The van der Waals surface area contributed by atoms with Crippen LogP contribution in [0.15, 0.2) is 18.2 Å². The van der Waals surface area contributed by atoms with E-state index in [1.54, 1.807) is 12.1 Å². The van der Waals surface area contributed by atoms with E-state index in [1.807, 2.05) is 6.92 Å². The van der Waals surface area contributed by atoms with E-state index in [2.05, 4.69) is 13.0 Å². The van der Waals surface area contributed by atoms with Crippen LogP contribution in [0.2, 0.25) is 0 Å². The predicted octanol–water partition coefficient (Wildman–Crippen LogP) is 3.89. The summed E-state index contributed by atoms with van der Waals surface area (Å²) in [7, 11) is 0. The fourth-order valence-electron chi connectivity index (χ4n) is 3.22. The van der Waals surface area contributed by atoms with Crippen LogP contribution >= 0.6 is 0 Å². The minimum Gasteiger partial charge on any atom is -0.321 e.